The zero-order valence-electron chi connectivity index (χ0n) is 14.5. The van der Waals surface area contributed by atoms with Crippen LogP contribution in [0.25, 0.3) is 0 Å². The van der Waals surface area contributed by atoms with Crippen LogP contribution in [0.15, 0.2) is 24.3 Å². The summed E-state index contributed by atoms with van der Waals surface area (Å²) in [5, 5.41) is 3.65. The van der Waals surface area contributed by atoms with Gasteiger partial charge >= 0.3 is 0 Å². The predicted octanol–water partition coefficient (Wildman–Crippen LogP) is 2.03. The summed E-state index contributed by atoms with van der Waals surface area (Å²) in [5.41, 5.74) is 2.01. The van der Waals surface area contributed by atoms with Gasteiger partial charge in [-0.25, -0.2) is 0 Å². The highest BCUT2D eigenvalue weighted by Gasteiger charge is 2.57. The fourth-order valence-electron chi connectivity index (χ4n) is 4.77. The van der Waals surface area contributed by atoms with E-state index in [9.17, 15) is 0 Å². The molecule has 5 rings (SSSR count). The Morgan fingerprint density at radius 2 is 2.12 bits per heavy atom. The van der Waals surface area contributed by atoms with Crippen molar-refractivity contribution >= 4 is 0 Å². The third-order valence-corrected chi connectivity index (χ3v) is 5.86. The van der Waals surface area contributed by atoms with Gasteiger partial charge in [0, 0.05) is 31.9 Å². The maximum absolute atomic E-state index is 6.33. The fraction of sp³-hybridized carbons (Fsp3) is 0.579. The number of fused-ring (bicyclic) bond motifs is 2. The van der Waals surface area contributed by atoms with Gasteiger partial charge in [0.15, 0.2) is 17.8 Å². The molecule has 0 bridgehead atoms. The molecule has 1 fully saturated rings. The lowest BCUT2D eigenvalue weighted by Crippen LogP contribution is -2.52. The monoisotopic (exact) mass is 345 g/mol. The van der Waals surface area contributed by atoms with Gasteiger partial charge < -0.3 is 29.0 Å². The topological polar surface area (TPSA) is 58.2 Å². The van der Waals surface area contributed by atoms with Crippen molar-refractivity contribution in [1.82, 2.24) is 5.32 Å². The van der Waals surface area contributed by atoms with Crippen molar-refractivity contribution < 1.29 is 23.7 Å². The largest absolute Gasteiger partial charge is 0.454 e. The van der Waals surface area contributed by atoms with Gasteiger partial charge in [0.1, 0.15) is 0 Å². The van der Waals surface area contributed by atoms with E-state index in [2.05, 4.69) is 23.5 Å². The molecule has 4 aliphatic rings. The van der Waals surface area contributed by atoms with E-state index in [0.717, 1.165) is 36.6 Å². The van der Waals surface area contributed by atoms with Crippen LogP contribution in [-0.2, 0) is 19.6 Å². The molecule has 0 radical (unpaired) electrons. The first-order valence-corrected chi connectivity index (χ1v) is 8.93. The second-order valence-electron chi connectivity index (χ2n) is 6.97. The second-order valence-corrected chi connectivity index (χ2v) is 6.97. The van der Waals surface area contributed by atoms with Crippen molar-refractivity contribution in [3.05, 3.63) is 35.4 Å². The number of methoxy groups -OCH3 is 1. The summed E-state index contributed by atoms with van der Waals surface area (Å²) in [7, 11) is 1.68. The molecule has 0 aromatic heterocycles. The molecular weight excluding hydrogens is 322 g/mol. The highest BCUT2D eigenvalue weighted by atomic mass is 16.7. The molecule has 0 amide bonds. The molecule has 25 heavy (non-hydrogen) atoms. The summed E-state index contributed by atoms with van der Waals surface area (Å²) in [5.74, 6) is 1.56. The van der Waals surface area contributed by atoms with Gasteiger partial charge in [0.2, 0.25) is 6.79 Å². The van der Waals surface area contributed by atoms with Gasteiger partial charge in [0.25, 0.3) is 0 Å². The molecule has 1 saturated heterocycles. The highest BCUT2D eigenvalue weighted by molar-refractivity contribution is 5.56. The van der Waals surface area contributed by atoms with Gasteiger partial charge in [-0.1, -0.05) is 12.2 Å². The Bertz CT molecular complexity index is 720. The molecule has 3 aliphatic heterocycles. The van der Waals surface area contributed by atoms with Gasteiger partial charge in [-0.3, -0.25) is 0 Å². The SMILES string of the molecule is CCOC1C=CC23c4cc5c(cc4C(OC)OC2CNC3C1)OCO5. The second kappa shape index (κ2) is 5.71. The molecule has 1 aromatic rings. The van der Waals surface area contributed by atoms with Crippen LogP contribution in [0.1, 0.15) is 30.8 Å². The summed E-state index contributed by atoms with van der Waals surface area (Å²) < 4.78 is 29.0. The lowest BCUT2D eigenvalue weighted by molar-refractivity contribution is -0.177. The van der Waals surface area contributed by atoms with Crippen molar-refractivity contribution in [2.75, 3.05) is 27.1 Å². The van der Waals surface area contributed by atoms with Crippen LogP contribution in [0.3, 0.4) is 0 Å². The van der Waals surface area contributed by atoms with Gasteiger partial charge in [-0.15, -0.1) is 0 Å². The van der Waals surface area contributed by atoms with E-state index in [0.29, 0.717) is 0 Å². The Morgan fingerprint density at radius 1 is 1.28 bits per heavy atom. The van der Waals surface area contributed by atoms with E-state index in [4.69, 9.17) is 23.7 Å². The van der Waals surface area contributed by atoms with Crippen LogP contribution in [0.4, 0.5) is 0 Å². The molecule has 6 heteroatoms. The quantitative estimate of drug-likeness (QED) is 0.846. The van der Waals surface area contributed by atoms with E-state index < -0.39 is 6.29 Å². The first kappa shape index (κ1) is 15.6. The smallest absolute Gasteiger partial charge is 0.231 e. The van der Waals surface area contributed by atoms with E-state index >= 15 is 0 Å². The third-order valence-electron chi connectivity index (χ3n) is 5.86. The number of rotatable bonds is 3. The summed E-state index contributed by atoms with van der Waals surface area (Å²) in [4.78, 5) is 0. The minimum Gasteiger partial charge on any atom is -0.454 e. The van der Waals surface area contributed by atoms with Gasteiger partial charge in [-0.05, 0) is 31.0 Å². The number of hydrogen-bond donors (Lipinski definition) is 1. The lowest BCUT2D eigenvalue weighted by Gasteiger charge is -2.46. The third kappa shape index (κ3) is 2.11. The van der Waals surface area contributed by atoms with E-state index in [-0.39, 0.29) is 30.5 Å². The Morgan fingerprint density at radius 3 is 2.92 bits per heavy atom. The molecule has 5 unspecified atom stereocenters. The minimum atomic E-state index is -0.390. The normalized spacial score (nSPS) is 37.5. The number of hydrogen-bond acceptors (Lipinski definition) is 6. The molecule has 1 spiro atoms. The Balaban J connectivity index is 1.66. The van der Waals surface area contributed by atoms with Crippen LogP contribution >= 0.6 is 0 Å². The van der Waals surface area contributed by atoms with Crippen molar-refractivity contribution in [1.29, 1.82) is 0 Å². The van der Waals surface area contributed by atoms with Gasteiger partial charge in [0.05, 0.1) is 17.6 Å². The summed E-state index contributed by atoms with van der Waals surface area (Å²) in [6, 6.07) is 4.38. The van der Waals surface area contributed by atoms with E-state index in [1.165, 1.54) is 5.56 Å². The van der Waals surface area contributed by atoms with Crippen LogP contribution in [0.2, 0.25) is 0 Å². The molecule has 0 saturated carbocycles. The van der Waals surface area contributed by atoms with Crippen molar-refractivity contribution in [2.24, 2.45) is 0 Å². The van der Waals surface area contributed by atoms with Crippen molar-refractivity contribution in [2.45, 2.75) is 43.3 Å². The van der Waals surface area contributed by atoms with Crippen LogP contribution < -0.4 is 14.8 Å². The molecule has 134 valence electrons. The molecule has 1 N–H and O–H groups in total. The van der Waals surface area contributed by atoms with Crippen LogP contribution in [0.5, 0.6) is 11.5 Å². The summed E-state index contributed by atoms with van der Waals surface area (Å²) >= 11 is 0. The van der Waals surface area contributed by atoms with Crippen molar-refractivity contribution in [3.8, 4) is 11.5 Å². The standard InChI is InChI=1S/C19H23NO5/c1-3-22-11-4-5-19-13-8-15-14(23-10-24-15)7-12(13)18(21-2)25-17(19)9-20-16(19)6-11/h4-5,7-8,11,16-18,20H,3,6,9-10H2,1-2H3. The highest BCUT2D eigenvalue weighted by Crippen LogP contribution is 2.53. The van der Waals surface area contributed by atoms with E-state index in [1.54, 1.807) is 7.11 Å². The summed E-state index contributed by atoms with van der Waals surface area (Å²) in [6.07, 6.45) is 5.16. The zero-order valence-corrected chi connectivity index (χ0v) is 14.5. The number of nitrogens with one attached hydrogen (secondary N) is 1. The number of benzene rings is 1. The average Bonchev–Trinajstić information content (AvgIpc) is 3.23. The zero-order chi connectivity index (χ0) is 17.0. The first-order valence-electron chi connectivity index (χ1n) is 8.93. The van der Waals surface area contributed by atoms with Crippen LogP contribution in [-0.4, -0.2) is 45.3 Å². The Labute approximate surface area is 147 Å². The molecule has 3 heterocycles. The maximum Gasteiger partial charge on any atom is 0.231 e. The molecular formula is C19H23NO5. The molecule has 5 atom stereocenters. The fourth-order valence-corrected chi connectivity index (χ4v) is 4.77. The average molecular weight is 345 g/mol. The first-order chi connectivity index (χ1) is 12.3. The predicted molar refractivity (Wildman–Crippen MR) is 89.8 cm³/mol. The Hall–Kier alpha value is -1.60. The van der Waals surface area contributed by atoms with Gasteiger partial charge in [-0.2, -0.15) is 0 Å². The Kier molecular flexibility index (Phi) is 3.57. The molecule has 1 aliphatic carbocycles. The number of ether oxygens (including phenoxy) is 5. The van der Waals surface area contributed by atoms with Crippen molar-refractivity contribution in [3.63, 3.8) is 0 Å². The van der Waals surface area contributed by atoms with E-state index in [1.807, 2.05) is 13.0 Å². The molecule has 6 nitrogen and oxygen atoms in total. The van der Waals surface area contributed by atoms with Crippen LogP contribution in [0, 0.1) is 0 Å². The summed E-state index contributed by atoms with van der Waals surface area (Å²) in [6.45, 7) is 3.81. The lowest BCUT2D eigenvalue weighted by atomic mass is 9.65. The maximum atomic E-state index is 6.33. The minimum absolute atomic E-state index is 0.0224. The molecule has 1 aromatic carbocycles.